The van der Waals surface area contributed by atoms with Gasteiger partial charge in [0.05, 0.1) is 20.0 Å². The number of thiazole rings is 1. The quantitative estimate of drug-likeness (QED) is 0.0889. The molecule has 206 valence electrons. The van der Waals surface area contributed by atoms with Gasteiger partial charge in [0.2, 0.25) is 0 Å². The molecule has 0 aliphatic heterocycles. The standard InChI is InChI=1S/C30H20BrCl2IN4O2S/c31-24-13-18(14-26(34)28(24)40-16-21-3-1-2-4-25(21)33)15-35-38-29(39)20-7-5-19(6-8-20)27-17-41-30(37-27)36-23-11-9-22(32)10-12-23/h1-15,17H,16H2,(H,36,37)(H,38,39)/b35-15-. The minimum absolute atomic E-state index is 0.315. The van der Waals surface area contributed by atoms with E-state index in [0.29, 0.717) is 28.0 Å². The van der Waals surface area contributed by atoms with Crippen LogP contribution in [0.25, 0.3) is 11.3 Å². The molecule has 0 saturated heterocycles. The Morgan fingerprint density at radius 1 is 1.05 bits per heavy atom. The van der Waals surface area contributed by atoms with E-state index in [4.69, 9.17) is 27.9 Å². The molecule has 1 heterocycles. The molecule has 0 saturated carbocycles. The molecule has 11 heteroatoms. The molecule has 6 nitrogen and oxygen atoms in total. The lowest BCUT2D eigenvalue weighted by Gasteiger charge is -2.12. The molecular formula is C30H20BrCl2IN4O2S. The maximum atomic E-state index is 12.6. The predicted octanol–water partition coefficient (Wildman–Crippen LogP) is 9.57. The first-order chi connectivity index (χ1) is 19.9. The fourth-order valence-electron chi connectivity index (χ4n) is 3.70. The molecule has 1 aromatic heterocycles. The van der Waals surface area contributed by atoms with E-state index in [0.717, 1.165) is 41.2 Å². The molecule has 1 amide bonds. The van der Waals surface area contributed by atoms with E-state index in [9.17, 15) is 4.79 Å². The fraction of sp³-hybridized carbons (Fsp3) is 0.0333. The zero-order valence-corrected chi connectivity index (χ0v) is 27.1. The largest absolute Gasteiger partial charge is 0.487 e. The highest BCUT2D eigenvalue weighted by atomic mass is 127. The second kappa shape index (κ2) is 13.8. The van der Waals surface area contributed by atoms with Crippen molar-refractivity contribution in [1.29, 1.82) is 0 Å². The van der Waals surface area contributed by atoms with Crippen molar-refractivity contribution in [1.82, 2.24) is 10.4 Å². The zero-order valence-electron chi connectivity index (χ0n) is 21.1. The third kappa shape index (κ3) is 7.87. The van der Waals surface area contributed by atoms with Crippen molar-refractivity contribution in [3.05, 3.63) is 125 Å². The number of anilines is 2. The lowest BCUT2D eigenvalue weighted by atomic mass is 10.1. The number of rotatable bonds is 9. The lowest BCUT2D eigenvalue weighted by Crippen LogP contribution is -2.17. The second-order valence-corrected chi connectivity index (χ2v) is 12.4. The maximum Gasteiger partial charge on any atom is 0.271 e. The Kier molecular flexibility index (Phi) is 9.94. The van der Waals surface area contributed by atoms with Crippen LogP contribution in [0.15, 0.2) is 99.9 Å². The van der Waals surface area contributed by atoms with Crippen molar-refractivity contribution in [2.45, 2.75) is 6.61 Å². The molecule has 2 N–H and O–H groups in total. The number of halogens is 4. The summed E-state index contributed by atoms with van der Waals surface area (Å²) in [4.78, 5) is 17.3. The van der Waals surface area contributed by atoms with Gasteiger partial charge in [-0.15, -0.1) is 11.3 Å². The van der Waals surface area contributed by atoms with Crippen molar-refractivity contribution in [2.24, 2.45) is 5.10 Å². The fourth-order valence-corrected chi connectivity index (χ4v) is 6.53. The number of ether oxygens (including phenoxy) is 1. The highest BCUT2D eigenvalue weighted by Crippen LogP contribution is 2.33. The molecule has 5 rings (SSSR count). The summed E-state index contributed by atoms with van der Waals surface area (Å²) in [7, 11) is 0. The van der Waals surface area contributed by atoms with E-state index >= 15 is 0 Å². The summed E-state index contributed by atoms with van der Waals surface area (Å²) >= 11 is 19.5. The van der Waals surface area contributed by atoms with Crippen molar-refractivity contribution in [3.8, 4) is 17.0 Å². The first kappa shape index (κ1) is 29.5. The molecule has 0 radical (unpaired) electrons. The van der Waals surface area contributed by atoms with Crippen LogP contribution < -0.4 is 15.5 Å². The summed E-state index contributed by atoms with van der Waals surface area (Å²) in [5, 5.41) is 11.5. The van der Waals surface area contributed by atoms with Crippen LogP contribution >= 0.6 is 73.1 Å². The normalized spacial score (nSPS) is 11.0. The number of hydrogen-bond donors (Lipinski definition) is 2. The van der Waals surface area contributed by atoms with Crippen molar-refractivity contribution in [2.75, 3.05) is 5.32 Å². The summed E-state index contributed by atoms with van der Waals surface area (Å²) in [5.41, 5.74) is 7.40. The van der Waals surface area contributed by atoms with Gasteiger partial charge in [0.15, 0.2) is 5.13 Å². The van der Waals surface area contributed by atoms with Crippen LogP contribution in [-0.2, 0) is 6.61 Å². The minimum atomic E-state index is -0.315. The Labute approximate surface area is 273 Å². The van der Waals surface area contributed by atoms with Gasteiger partial charge in [0.25, 0.3) is 5.91 Å². The average molecular weight is 778 g/mol. The van der Waals surface area contributed by atoms with Gasteiger partial charge < -0.3 is 10.1 Å². The summed E-state index contributed by atoms with van der Waals surface area (Å²) in [6.07, 6.45) is 1.58. The van der Waals surface area contributed by atoms with Gasteiger partial charge in [-0.3, -0.25) is 4.79 Å². The monoisotopic (exact) mass is 776 g/mol. The molecule has 5 aromatic rings. The summed E-state index contributed by atoms with van der Waals surface area (Å²) in [6, 6.07) is 26.0. The van der Waals surface area contributed by atoms with Crippen molar-refractivity contribution < 1.29 is 9.53 Å². The van der Waals surface area contributed by atoms with Crippen LogP contribution in [0.1, 0.15) is 21.5 Å². The Balaban J connectivity index is 1.17. The Morgan fingerprint density at radius 2 is 1.80 bits per heavy atom. The van der Waals surface area contributed by atoms with Crippen LogP contribution in [0.5, 0.6) is 5.75 Å². The molecule has 0 unspecified atom stereocenters. The van der Waals surface area contributed by atoms with Crippen LogP contribution in [0.3, 0.4) is 0 Å². The Bertz CT molecular complexity index is 1690. The summed E-state index contributed by atoms with van der Waals surface area (Å²) in [6.45, 7) is 0.348. The lowest BCUT2D eigenvalue weighted by molar-refractivity contribution is 0.0955. The van der Waals surface area contributed by atoms with Gasteiger partial charge in [-0.05, 0) is 98.7 Å². The van der Waals surface area contributed by atoms with Crippen LogP contribution in [-0.4, -0.2) is 17.1 Å². The van der Waals surface area contributed by atoms with Crippen molar-refractivity contribution >= 4 is 96.0 Å². The number of benzene rings is 4. The highest BCUT2D eigenvalue weighted by Gasteiger charge is 2.11. The minimum Gasteiger partial charge on any atom is -0.487 e. The number of aromatic nitrogens is 1. The topological polar surface area (TPSA) is 75.6 Å². The molecule has 41 heavy (non-hydrogen) atoms. The van der Waals surface area contributed by atoms with E-state index in [2.05, 4.69) is 59.3 Å². The third-order valence-electron chi connectivity index (χ3n) is 5.77. The Hall–Kier alpha value is -2.96. The molecular weight excluding hydrogens is 758 g/mol. The van der Waals surface area contributed by atoms with Gasteiger partial charge in [-0.25, -0.2) is 10.4 Å². The zero-order chi connectivity index (χ0) is 28.8. The van der Waals surface area contributed by atoms with E-state index in [-0.39, 0.29) is 5.91 Å². The van der Waals surface area contributed by atoms with Gasteiger partial charge >= 0.3 is 0 Å². The van der Waals surface area contributed by atoms with Gasteiger partial charge in [0.1, 0.15) is 12.4 Å². The van der Waals surface area contributed by atoms with Crippen molar-refractivity contribution in [3.63, 3.8) is 0 Å². The maximum absolute atomic E-state index is 12.6. The molecule has 0 atom stereocenters. The first-order valence-electron chi connectivity index (χ1n) is 12.1. The Morgan fingerprint density at radius 3 is 2.54 bits per heavy atom. The number of hydrazone groups is 1. The number of nitrogens with zero attached hydrogens (tertiary/aromatic N) is 2. The smallest absolute Gasteiger partial charge is 0.271 e. The van der Waals surface area contributed by atoms with E-state index in [1.165, 1.54) is 11.3 Å². The molecule has 4 aromatic carbocycles. The van der Waals surface area contributed by atoms with E-state index in [1.807, 2.05) is 78.2 Å². The van der Waals surface area contributed by atoms with Gasteiger partial charge in [-0.2, -0.15) is 5.10 Å². The molecule has 0 aliphatic rings. The highest BCUT2D eigenvalue weighted by molar-refractivity contribution is 14.1. The number of carbonyl (C=O) groups is 1. The predicted molar refractivity (Wildman–Crippen MR) is 180 cm³/mol. The first-order valence-corrected chi connectivity index (χ1v) is 15.6. The summed E-state index contributed by atoms with van der Waals surface area (Å²) < 4.78 is 7.66. The molecule has 0 spiro atoms. The SMILES string of the molecule is O=C(N/N=C\c1cc(Br)c(OCc2ccccc2Cl)c(I)c1)c1ccc(-c2csc(Nc3ccc(Cl)cc3)n2)cc1. The van der Waals surface area contributed by atoms with E-state index in [1.54, 1.807) is 18.3 Å². The summed E-state index contributed by atoms with van der Waals surface area (Å²) in [5.74, 6) is 0.393. The van der Waals surface area contributed by atoms with Gasteiger partial charge in [0, 0.05) is 37.8 Å². The van der Waals surface area contributed by atoms with Crippen LogP contribution in [0.2, 0.25) is 10.0 Å². The molecule has 0 fully saturated rings. The number of carbonyl (C=O) groups excluding carboxylic acids is 1. The number of nitrogens with one attached hydrogen (secondary N) is 2. The second-order valence-electron chi connectivity index (χ2n) is 8.64. The number of hydrogen-bond acceptors (Lipinski definition) is 6. The van der Waals surface area contributed by atoms with Crippen LogP contribution in [0.4, 0.5) is 10.8 Å². The molecule has 0 bridgehead atoms. The van der Waals surface area contributed by atoms with Crippen LogP contribution in [0, 0.1) is 3.57 Å². The molecule has 0 aliphatic carbocycles. The average Bonchev–Trinajstić information content (AvgIpc) is 3.43. The third-order valence-corrected chi connectivity index (χ3v) is 8.54. The van der Waals surface area contributed by atoms with E-state index < -0.39 is 0 Å². The van der Waals surface area contributed by atoms with Gasteiger partial charge in [-0.1, -0.05) is 53.5 Å². The number of amides is 1.